The Morgan fingerprint density at radius 3 is 2.52 bits per heavy atom. The van der Waals surface area contributed by atoms with Crippen molar-refractivity contribution in [3.05, 3.63) is 52.3 Å². The maximum absolute atomic E-state index is 6.30. The van der Waals surface area contributed by atoms with Crippen LogP contribution in [0.5, 0.6) is 0 Å². The van der Waals surface area contributed by atoms with Crippen LogP contribution >= 0.6 is 11.6 Å². The van der Waals surface area contributed by atoms with Crippen LogP contribution in [-0.4, -0.2) is 33.8 Å². The van der Waals surface area contributed by atoms with Gasteiger partial charge in [-0.1, -0.05) is 41.9 Å². The molecule has 1 aromatic carbocycles. The van der Waals surface area contributed by atoms with Crippen LogP contribution in [0.15, 0.2) is 30.3 Å². The lowest BCUT2D eigenvalue weighted by Crippen LogP contribution is -2.41. The van der Waals surface area contributed by atoms with Crippen molar-refractivity contribution in [1.29, 1.82) is 0 Å². The molecule has 0 amide bonds. The molecule has 1 fully saturated rings. The number of hydrogen-bond acceptors (Lipinski definition) is 3. The van der Waals surface area contributed by atoms with Gasteiger partial charge in [0.2, 0.25) is 0 Å². The summed E-state index contributed by atoms with van der Waals surface area (Å²) < 4.78 is 1.75. The van der Waals surface area contributed by atoms with Crippen molar-refractivity contribution in [1.82, 2.24) is 20.0 Å². The maximum atomic E-state index is 6.30. The monoisotopic (exact) mass is 332 g/mol. The van der Waals surface area contributed by atoms with E-state index in [9.17, 15) is 0 Å². The van der Waals surface area contributed by atoms with Crippen LogP contribution in [0.2, 0.25) is 5.15 Å². The Labute approximate surface area is 143 Å². The summed E-state index contributed by atoms with van der Waals surface area (Å²) in [5.74, 6) is 0. The average Bonchev–Trinajstić information content (AvgIpc) is 2.80. The molecule has 1 N–H and O–H groups in total. The number of hydrogen-bond donors (Lipinski definition) is 1. The molecule has 1 saturated heterocycles. The number of likely N-dealkylation sites (tertiary alicyclic amines) is 1. The Morgan fingerprint density at radius 1 is 1.22 bits per heavy atom. The Morgan fingerprint density at radius 2 is 1.91 bits per heavy atom. The summed E-state index contributed by atoms with van der Waals surface area (Å²) in [6.07, 6.45) is 2.37. The summed E-state index contributed by atoms with van der Waals surface area (Å²) in [7, 11) is 1.89. The van der Waals surface area contributed by atoms with Crippen LogP contribution in [-0.2, 0) is 20.1 Å². The fourth-order valence-corrected chi connectivity index (χ4v) is 3.50. The smallest absolute Gasteiger partial charge is 0.131 e. The van der Waals surface area contributed by atoms with E-state index in [1.165, 1.54) is 18.4 Å². The molecule has 0 bridgehead atoms. The summed E-state index contributed by atoms with van der Waals surface area (Å²) in [5.41, 5.74) is 3.55. The van der Waals surface area contributed by atoms with Crippen molar-refractivity contribution < 1.29 is 0 Å². The third-order valence-electron chi connectivity index (χ3n) is 4.67. The van der Waals surface area contributed by atoms with E-state index in [2.05, 4.69) is 45.6 Å². The first-order valence-corrected chi connectivity index (χ1v) is 8.69. The lowest BCUT2D eigenvalue weighted by molar-refractivity contribution is 0.190. The number of nitrogens with zero attached hydrogens (tertiary/aromatic N) is 3. The lowest BCUT2D eigenvalue weighted by Gasteiger charge is -2.32. The van der Waals surface area contributed by atoms with Crippen LogP contribution < -0.4 is 5.32 Å². The number of rotatable bonds is 5. The number of aryl methyl sites for hydroxylation is 2. The first-order valence-electron chi connectivity index (χ1n) is 8.31. The molecule has 3 rings (SSSR count). The minimum absolute atomic E-state index is 0.567. The second-order valence-electron chi connectivity index (χ2n) is 6.40. The fraction of sp³-hybridized carbons (Fsp3) is 0.500. The Kier molecular flexibility index (Phi) is 5.36. The fourth-order valence-electron chi connectivity index (χ4n) is 3.26. The average molecular weight is 333 g/mol. The third-order valence-corrected chi connectivity index (χ3v) is 5.15. The Balaban J connectivity index is 1.46. The molecule has 2 aromatic rings. The molecule has 5 heteroatoms. The first-order chi connectivity index (χ1) is 11.1. The molecule has 2 heterocycles. The molecular formula is C18H25ClN4. The van der Waals surface area contributed by atoms with E-state index in [0.717, 1.165) is 42.6 Å². The number of nitrogens with one attached hydrogen (secondary N) is 1. The number of halogens is 1. The Bertz CT molecular complexity index is 630. The van der Waals surface area contributed by atoms with Crippen molar-refractivity contribution >= 4 is 11.6 Å². The summed E-state index contributed by atoms with van der Waals surface area (Å²) in [4.78, 5) is 2.54. The predicted molar refractivity (Wildman–Crippen MR) is 94.5 cm³/mol. The summed E-state index contributed by atoms with van der Waals surface area (Å²) >= 11 is 6.30. The van der Waals surface area contributed by atoms with E-state index < -0.39 is 0 Å². The van der Waals surface area contributed by atoms with Crippen LogP contribution in [0.25, 0.3) is 0 Å². The second-order valence-corrected chi connectivity index (χ2v) is 6.75. The number of benzene rings is 1. The Hall–Kier alpha value is -1.36. The van der Waals surface area contributed by atoms with Crippen molar-refractivity contribution in [2.45, 2.75) is 38.9 Å². The highest BCUT2D eigenvalue weighted by Gasteiger charge is 2.20. The quantitative estimate of drug-likeness (QED) is 0.913. The SMILES string of the molecule is Cc1nn(C)c(Cl)c1CNC1CCN(Cc2ccccc2)CC1. The molecule has 0 radical (unpaired) electrons. The second kappa shape index (κ2) is 7.47. The highest BCUT2D eigenvalue weighted by atomic mass is 35.5. The molecule has 0 aliphatic carbocycles. The minimum Gasteiger partial charge on any atom is -0.310 e. The summed E-state index contributed by atoms with van der Waals surface area (Å²) in [5, 5.41) is 8.77. The summed E-state index contributed by atoms with van der Waals surface area (Å²) in [6, 6.07) is 11.3. The first kappa shape index (κ1) is 16.5. The van der Waals surface area contributed by atoms with Crippen molar-refractivity contribution in [2.75, 3.05) is 13.1 Å². The molecule has 0 unspecified atom stereocenters. The zero-order valence-electron chi connectivity index (χ0n) is 13.9. The largest absolute Gasteiger partial charge is 0.310 e. The van der Waals surface area contributed by atoms with Crippen LogP contribution in [0.4, 0.5) is 0 Å². The topological polar surface area (TPSA) is 33.1 Å². The van der Waals surface area contributed by atoms with Gasteiger partial charge in [0, 0.05) is 31.7 Å². The van der Waals surface area contributed by atoms with Gasteiger partial charge in [-0.25, -0.2) is 0 Å². The molecule has 0 saturated carbocycles. The van der Waals surface area contributed by atoms with E-state index in [1.54, 1.807) is 4.68 Å². The molecule has 0 spiro atoms. The van der Waals surface area contributed by atoms with E-state index in [1.807, 2.05) is 14.0 Å². The van der Waals surface area contributed by atoms with Crippen LogP contribution in [0, 0.1) is 6.92 Å². The minimum atomic E-state index is 0.567. The highest BCUT2D eigenvalue weighted by Crippen LogP contribution is 2.20. The molecule has 0 atom stereocenters. The lowest BCUT2D eigenvalue weighted by atomic mass is 10.0. The van der Waals surface area contributed by atoms with Crippen molar-refractivity contribution in [3.8, 4) is 0 Å². The van der Waals surface area contributed by atoms with Gasteiger partial charge in [-0.05, 0) is 38.4 Å². The van der Waals surface area contributed by atoms with Crippen LogP contribution in [0.1, 0.15) is 29.7 Å². The molecule has 4 nitrogen and oxygen atoms in total. The van der Waals surface area contributed by atoms with Gasteiger partial charge >= 0.3 is 0 Å². The molecular weight excluding hydrogens is 308 g/mol. The normalized spacial score (nSPS) is 16.8. The zero-order chi connectivity index (χ0) is 16.2. The van der Waals surface area contributed by atoms with Crippen molar-refractivity contribution in [2.24, 2.45) is 7.05 Å². The van der Waals surface area contributed by atoms with Gasteiger partial charge in [0.25, 0.3) is 0 Å². The van der Waals surface area contributed by atoms with Gasteiger partial charge in [-0.2, -0.15) is 5.10 Å². The molecule has 1 aliphatic rings. The maximum Gasteiger partial charge on any atom is 0.131 e. The number of piperidine rings is 1. The zero-order valence-corrected chi connectivity index (χ0v) is 14.7. The molecule has 1 aromatic heterocycles. The van der Waals surface area contributed by atoms with E-state index >= 15 is 0 Å². The standard InChI is InChI=1S/C18H25ClN4/c1-14-17(18(19)22(2)21-14)12-20-16-8-10-23(11-9-16)13-15-6-4-3-5-7-15/h3-7,16,20H,8-13H2,1-2H3. The third kappa shape index (κ3) is 4.14. The molecule has 1 aliphatic heterocycles. The van der Waals surface area contributed by atoms with E-state index in [-0.39, 0.29) is 0 Å². The van der Waals surface area contributed by atoms with Crippen LogP contribution in [0.3, 0.4) is 0 Å². The predicted octanol–water partition coefficient (Wildman–Crippen LogP) is 3.14. The summed E-state index contributed by atoms with van der Waals surface area (Å²) in [6.45, 7) is 6.17. The van der Waals surface area contributed by atoms with Gasteiger partial charge in [0.15, 0.2) is 0 Å². The van der Waals surface area contributed by atoms with E-state index in [0.29, 0.717) is 6.04 Å². The van der Waals surface area contributed by atoms with Gasteiger partial charge in [-0.3, -0.25) is 9.58 Å². The van der Waals surface area contributed by atoms with Gasteiger partial charge in [0.05, 0.1) is 5.69 Å². The highest BCUT2D eigenvalue weighted by molar-refractivity contribution is 6.30. The van der Waals surface area contributed by atoms with Gasteiger partial charge in [-0.15, -0.1) is 0 Å². The van der Waals surface area contributed by atoms with Gasteiger partial charge < -0.3 is 5.32 Å². The molecule has 23 heavy (non-hydrogen) atoms. The molecule has 124 valence electrons. The van der Waals surface area contributed by atoms with E-state index in [4.69, 9.17) is 11.6 Å². The van der Waals surface area contributed by atoms with Gasteiger partial charge in [0.1, 0.15) is 5.15 Å². The number of aromatic nitrogens is 2. The van der Waals surface area contributed by atoms with Crippen molar-refractivity contribution in [3.63, 3.8) is 0 Å².